The largest absolute Gasteiger partial charge is 0.398 e. The molecule has 2 aromatic heterocycles. The maximum Gasteiger partial charge on any atom is 0.227 e. The van der Waals surface area contributed by atoms with Gasteiger partial charge in [0.2, 0.25) is 5.95 Å². The molecule has 0 bridgehead atoms. The van der Waals surface area contributed by atoms with Crippen LogP contribution in [-0.2, 0) is 13.1 Å². The molecule has 0 spiro atoms. The highest BCUT2D eigenvalue weighted by Crippen LogP contribution is 2.24. The Hall–Kier alpha value is -2.87. The first-order chi connectivity index (χ1) is 13.7. The van der Waals surface area contributed by atoms with Gasteiger partial charge in [0.25, 0.3) is 0 Å². The first kappa shape index (κ1) is 20.9. The minimum Gasteiger partial charge on any atom is -0.398 e. The molecule has 29 heavy (non-hydrogen) atoms. The number of benzene rings is 1. The van der Waals surface area contributed by atoms with Crippen LogP contribution in [0.1, 0.15) is 45.2 Å². The van der Waals surface area contributed by atoms with E-state index in [9.17, 15) is 5.11 Å². The second-order valence-corrected chi connectivity index (χ2v) is 7.91. The Balaban J connectivity index is 1.95. The van der Waals surface area contributed by atoms with Crippen LogP contribution >= 0.6 is 0 Å². The van der Waals surface area contributed by atoms with Gasteiger partial charge >= 0.3 is 0 Å². The predicted molar refractivity (Wildman–Crippen MR) is 118 cm³/mol. The fourth-order valence-electron chi connectivity index (χ4n) is 3.35. The summed E-state index contributed by atoms with van der Waals surface area (Å²) in [5, 5.41) is 17.1. The molecule has 0 saturated heterocycles. The van der Waals surface area contributed by atoms with Gasteiger partial charge in [0.15, 0.2) is 17.0 Å². The van der Waals surface area contributed by atoms with E-state index in [4.69, 9.17) is 5.73 Å². The molecule has 156 valence electrons. The second-order valence-electron chi connectivity index (χ2n) is 7.91. The van der Waals surface area contributed by atoms with Gasteiger partial charge in [-0.3, -0.25) is 0 Å². The third kappa shape index (κ3) is 4.59. The van der Waals surface area contributed by atoms with Crippen LogP contribution in [0.25, 0.3) is 11.2 Å². The number of anilines is 3. The highest BCUT2D eigenvalue weighted by atomic mass is 16.3. The minimum atomic E-state index is -0.901. The van der Waals surface area contributed by atoms with Crippen molar-refractivity contribution in [2.75, 3.05) is 16.4 Å². The molecule has 1 aromatic carbocycles. The van der Waals surface area contributed by atoms with E-state index in [1.54, 1.807) is 20.2 Å². The summed E-state index contributed by atoms with van der Waals surface area (Å²) < 4.78 is 1.97. The van der Waals surface area contributed by atoms with E-state index in [1.165, 1.54) is 0 Å². The number of aromatic nitrogens is 4. The third-order valence-corrected chi connectivity index (χ3v) is 5.12. The summed E-state index contributed by atoms with van der Waals surface area (Å²) in [5.41, 5.74) is 9.57. The van der Waals surface area contributed by atoms with E-state index < -0.39 is 5.60 Å². The van der Waals surface area contributed by atoms with Crippen LogP contribution in [-0.4, -0.2) is 36.3 Å². The van der Waals surface area contributed by atoms with Crippen molar-refractivity contribution in [3.63, 3.8) is 0 Å². The zero-order valence-electron chi connectivity index (χ0n) is 17.8. The lowest BCUT2D eigenvalue weighted by molar-refractivity contribution is 0.0577. The summed E-state index contributed by atoms with van der Waals surface area (Å²) in [6, 6.07) is 5.83. The molecular formula is C21H31N7O. The number of nitrogen functional groups attached to an aromatic ring is 1. The molecule has 2 heterocycles. The normalized spacial score (nSPS) is 12.9. The smallest absolute Gasteiger partial charge is 0.227 e. The highest BCUT2D eigenvalue weighted by Gasteiger charge is 2.26. The molecule has 5 N–H and O–H groups in total. The van der Waals surface area contributed by atoms with E-state index in [2.05, 4.69) is 25.6 Å². The van der Waals surface area contributed by atoms with Crippen molar-refractivity contribution in [1.82, 2.24) is 19.5 Å². The number of nitrogens with zero attached hydrogens (tertiary/aromatic N) is 4. The van der Waals surface area contributed by atoms with Gasteiger partial charge in [-0.1, -0.05) is 19.1 Å². The van der Waals surface area contributed by atoms with Crippen LogP contribution in [0.4, 0.5) is 17.5 Å². The molecule has 8 nitrogen and oxygen atoms in total. The predicted octanol–water partition coefficient (Wildman–Crippen LogP) is 3.31. The maximum absolute atomic E-state index is 10.4. The summed E-state index contributed by atoms with van der Waals surface area (Å²) in [6.07, 6.45) is 2.50. The minimum absolute atomic E-state index is 0.182. The first-order valence-electron chi connectivity index (χ1n) is 10.0. The van der Waals surface area contributed by atoms with Gasteiger partial charge in [-0.05, 0) is 51.3 Å². The topological polar surface area (TPSA) is 114 Å². The van der Waals surface area contributed by atoms with E-state index in [0.717, 1.165) is 35.4 Å². The lowest BCUT2D eigenvalue weighted by Gasteiger charge is -2.29. The van der Waals surface area contributed by atoms with Gasteiger partial charge in [-0.2, -0.15) is 9.97 Å². The van der Waals surface area contributed by atoms with E-state index in [0.29, 0.717) is 23.8 Å². The molecule has 0 radical (unpaired) electrons. The zero-order chi connectivity index (χ0) is 21.2. The average molecular weight is 398 g/mol. The van der Waals surface area contributed by atoms with E-state index in [1.807, 2.05) is 43.5 Å². The van der Waals surface area contributed by atoms with Gasteiger partial charge in [-0.15, -0.1) is 0 Å². The number of nitrogens with one attached hydrogen (secondary N) is 2. The monoisotopic (exact) mass is 397 g/mol. The summed E-state index contributed by atoms with van der Waals surface area (Å²) >= 11 is 0. The summed E-state index contributed by atoms with van der Waals surface area (Å²) in [6.45, 7) is 10.9. The number of hydrogen-bond acceptors (Lipinski definition) is 7. The number of hydrogen-bond donors (Lipinski definition) is 4. The maximum atomic E-state index is 10.4. The van der Waals surface area contributed by atoms with Crippen LogP contribution in [0.5, 0.6) is 0 Å². The van der Waals surface area contributed by atoms with Crippen LogP contribution in [0.3, 0.4) is 0 Å². The number of rotatable bonds is 8. The molecule has 1 atom stereocenters. The highest BCUT2D eigenvalue weighted by molar-refractivity contribution is 5.84. The zero-order valence-corrected chi connectivity index (χ0v) is 17.8. The fraction of sp³-hybridized carbons (Fsp3) is 0.476. The summed E-state index contributed by atoms with van der Waals surface area (Å²) in [7, 11) is 0. The van der Waals surface area contributed by atoms with Gasteiger partial charge in [-0.25, -0.2) is 4.98 Å². The lowest BCUT2D eigenvalue weighted by Crippen LogP contribution is -2.41. The SMILES string of the molecule is CCC(Nc1nc(NCc2ccc(C)cc2N)c2ncn(CC)c2n1)C(C)(C)O. The standard InChI is InChI=1S/C21H31N7O/c1-6-16(21(4,5)29)25-20-26-18(17-19(27-20)28(7-2)12-24-17)23-11-14-9-8-13(3)10-15(14)22/h8-10,12,16,29H,6-7,11,22H2,1-5H3,(H2,23,25,26,27). The Bertz CT molecular complexity index is 991. The molecule has 0 aliphatic rings. The van der Waals surface area contributed by atoms with Gasteiger partial charge in [0.1, 0.15) is 0 Å². The number of nitrogens with two attached hydrogens (primary N) is 1. The Labute approximate surface area is 171 Å². The molecule has 0 fully saturated rings. The van der Waals surface area contributed by atoms with Crippen LogP contribution < -0.4 is 16.4 Å². The number of aliphatic hydroxyl groups is 1. The van der Waals surface area contributed by atoms with Crippen molar-refractivity contribution in [3.05, 3.63) is 35.7 Å². The Morgan fingerprint density at radius 3 is 2.62 bits per heavy atom. The van der Waals surface area contributed by atoms with Crippen LogP contribution in [0.2, 0.25) is 0 Å². The number of imidazole rings is 1. The van der Waals surface area contributed by atoms with Crippen molar-refractivity contribution in [2.24, 2.45) is 0 Å². The third-order valence-electron chi connectivity index (χ3n) is 5.12. The van der Waals surface area contributed by atoms with Gasteiger partial charge < -0.3 is 26.0 Å². The van der Waals surface area contributed by atoms with E-state index >= 15 is 0 Å². The molecule has 8 heteroatoms. The van der Waals surface area contributed by atoms with Crippen molar-refractivity contribution >= 4 is 28.6 Å². The quantitative estimate of drug-likeness (QED) is 0.431. The average Bonchev–Trinajstić information content (AvgIpc) is 3.07. The molecular weight excluding hydrogens is 366 g/mol. The molecule has 0 amide bonds. The van der Waals surface area contributed by atoms with Gasteiger partial charge in [0, 0.05) is 18.8 Å². The first-order valence-corrected chi connectivity index (χ1v) is 10.0. The Morgan fingerprint density at radius 2 is 2.00 bits per heavy atom. The van der Waals surface area contributed by atoms with Crippen molar-refractivity contribution < 1.29 is 5.11 Å². The number of aryl methyl sites for hydroxylation is 2. The molecule has 0 saturated carbocycles. The van der Waals surface area contributed by atoms with Crippen molar-refractivity contribution in [1.29, 1.82) is 0 Å². The Kier molecular flexibility index (Phi) is 5.93. The molecule has 3 aromatic rings. The van der Waals surface area contributed by atoms with Crippen molar-refractivity contribution in [3.8, 4) is 0 Å². The van der Waals surface area contributed by atoms with Crippen molar-refractivity contribution in [2.45, 2.75) is 65.8 Å². The fourth-order valence-corrected chi connectivity index (χ4v) is 3.35. The molecule has 0 aliphatic heterocycles. The molecule has 0 aliphatic carbocycles. The second kappa shape index (κ2) is 8.24. The van der Waals surface area contributed by atoms with E-state index in [-0.39, 0.29) is 6.04 Å². The van der Waals surface area contributed by atoms with Gasteiger partial charge in [0.05, 0.1) is 18.0 Å². The summed E-state index contributed by atoms with van der Waals surface area (Å²) in [5.74, 6) is 1.09. The molecule has 1 unspecified atom stereocenters. The number of fused-ring (bicyclic) bond motifs is 1. The summed E-state index contributed by atoms with van der Waals surface area (Å²) in [4.78, 5) is 13.8. The Morgan fingerprint density at radius 1 is 1.24 bits per heavy atom. The van der Waals surface area contributed by atoms with Crippen LogP contribution in [0.15, 0.2) is 24.5 Å². The molecule has 3 rings (SSSR count). The van der Waals surface area contributed by atoms with Crippen LogP contribution in [0, 0.1) is 6.92 Å². The lowest BCUT2D eigenvalue weighted by atomic mass is 9.97.